The zero-order valence-corrected chi connectivity index (χ0v) is 39.2. The highest BCUT2D eigenvalue weighted by atomic mass is 32.2. The lowest BCUT2D eigenvalue weighted by Crippen LogP contribution is -2.33. The Labute approximate surface area is 377 Å². The number of hydrogen-bond donors (Lipinski definition) is 4. The second-order valence-electron chi connectivity index (χ2n) is 15.9. The van der Waals surface area contributed by atoms with Gasteiger partial charge in [0.25, 0.3) is 30.4 Å². The minimum Gasteiger partial charge on any atom is -0.481 e. The van der Waals surface area contributed by atoms with E-state index in [1.54, 1.807) is 44.6 Å². The molecule has 0 bridgehead atoms. The SMILES string of the molecule is COCCOCCOCCC1(C)C(/C=C/C=C/C=C/C=C2/N(CCOC)c3ccc(S(=O)(=O)O)cc3C2(C)CCCS(=O)(=O)O)=[N+](CCCCCC(=O)O)c2ccc(S(=O)(=O)O)cc21. The van der Waals surface area contributed by atoms with Crippen molar-refractivity contribution in [1.29, 1.82) is 0 Å². The Morgan fingerprint density at radius 1 is 0.703 bits per heavy atom. The highest BCUT2D eigenvalue weighted by Gasteiger charge is 2.48. The molecular formula is C44H61N2O15S3+. The quantitative estimate of drug-likeness (QED) is 0.0336. The van der Waals surface area contributed by atoms with Gasteiger partial charge in [0.15, 0.2) is 5.71 Å². The number of fused-ring (bicyclic) bond motifs is 2. The Hall–Kier alpha value is -4.09. The number of carboxylic acid groups (broad SMARTS) is 1. The molecule has 0 amide bonds. The van der Waals surface area contributed by atoms with Crippen LogP contribution in [0.25, 0.3) is 0 Å². The molecule has 2 aliphatic heterocycles. The average molecular weight is 954 g/mol. The number of methoxy groups -OCH3 is 2. The van der Waals surface area contributed by atoms with Gasteiger partial charge in [-0.3, -0.25) is 18.5 Å². The molecule has 4 rings (SSSR count). The molecule has 2 heterocycles. The minimum atomic E-state index is -4.56. The summed E-state index contributed by atoms with van der Waals surface area (Å²) < 4.78 is 126. The number of benzene rings is 2. The van der Waals surface area contributed by atoms with Crippen LogP contribution in [0, 0.1) is 0 Å². The summed E-state index contributed by atoms with van der Waals surface area (Å²) >= 11 is 0. The van der Waals surface area contributed by atoms with E-state index in [4.69, 9.17) is 24.1 Å². The van der Waals surface area contributed by atoms with Gasteiger partial charge >= 0.3 is 5.97 Å². The molecular weight excluding hydrogens is 893 g/mol. The molecule has 17 nitrogen and oxygen atoms in total. The van der Waals surface area contributed by atoms with Crippen molar-refractivity contribution in [3.05, 3.63) is 95.8 Å². The van der Waals surface area contributed by atoms with Crippen molar-refractivity contribution >= 4 is 53.4 Å². The maximum atomic E-state index is 12.3. The van der Waals surface area contributed by atoms with Crippen LogP contribution in [-0.2, 0) is 64.9 Å². The minimum absolute atomic E-state index is 0.0460. The fraction of sp³-hybridized carbons (Fsp3) is 0.500. The standard InChI is InChI=1S/C44H60N2O15S3/c1-43(21-13-31-62(49,50)51)36-32-34(63(52,53)54)18-20-39(36)46(24-26-58-3)40(43)14-9-6-5-7-10-15-41-44(2,22-25-60-29-30-61-28-27-59-4)37-33-35(64(55,56)57)17-19-38(37)45(41)23-12-8-11-16-42(47)48/h5-7,9-10,14-15,17-20,32-33H,8,11-13,16,21-31H2,1-4H3,(H3-,47,48,49,50,51,52,53,54,55,56,57)/p+1. The zero-order valence-electron chi connectivity index (χ0n) is 36.7. The van der Waals surface area contributed by atoms with E-state index in [1.807, 2.05) is 43.1 Å². The number of carboxylic acids is 1. The fourth-order valence-corrected chi connectivity index (χ4v) is 9.65. The van der Waals surface area contributed by atoms with Gasteiger partial charge in [-0.25, -0.2) is 0 Å². The van der Waals surface area contributed by atoms with Gasteiger partial charge in [0, 0.05) is 74.7 Å². The molecule has 354 valence electrons. The van der Waals surface area contributed by atoms with Crippen LogP contribution in [0.3, 0.4) is 0 Å². The average Bonchev–Trinajstić information content (AvgIpc) is 3.58. The maximum Gasteiger partial charge on any atom is 0.303 e. The topological polar surface area (TPSA) is 244 Å². The second kappa shape index (κ2) is 23.4. The lowest BCUT2D eigenvalue weighted by atomic mass is 9.76. The largest absolute Gasteiger partial charge is 0.481 e. The van der Waals surface area contributed by atoms with Crippen molar-refractivity contribution in [2.75, 3.05) is 77.6 Å². The Kier molecular flexibility index (Phi) is 19.2. The summed E-state index contributed by atoms with van der Waals surface area (Å²) in [5, 5.41) is 9.16. The molecule has 64 heavy (non-hydrogen) atoms. The number of carbonyl (C=O) groups is 1. The van der Waals surface area contributed by atoms with E-state index < -0.39 is 52.9 Å². The van der Waals surface area contributed by atoms with E-state index in [0.717, 1.165) is 11.4 Å². The Morgan fingerprint density at radius 3 is 1.95 bits per heavy atom. The number of allylic oxidation sites excluding steroid dienone is 8. The third-order valence-electron chi connectivity index (χ3n) is 11.4. The summed E-state index contributed by atoms with van der Waals surface area (Å²) in [5.41, 5.74) is 2.49. The molecule has 4 N–H and O–H groups in total. The third-order valence-corrected chi connectivity index (χ3v) is 13.9. The van der Waals surface area contributed by atoms with Crippen LogP contribution in [0.4, 0.5) is 11.4 Å². The summed E-state index contributed by atoms with van der Waals surface area (Å²) in [7, 11) is -10.2. The number of anilines is 1. The summed E-state index contributed by atoms with van der Waals surface area (Å²) in [6.07, 6.45) is 15.3. The molecule has 2 aromatic rings. The van der Waals surface area contributed by atoms with Gasteiger partial charge in [-0.15, -0.1) is 0 Å². The number of aliphatic carboxylic acids is 1. The molecule has 0 spiro atoms. The molecule has 20 heteroatoms. The highest BCUT2D eigenvalue weighted by Crippen LogP contribution is 2.51. The number of hydrogen-bond acceptors (Lipinski definition) is 12. The molecule has 2 aliphatic rings. The van der Waals surface area contributed by atoms with E-state index in [2.05, 4.69) is 4.58 Å². The summed E-state index contributed by atoms with van der Waals surface area (Å²) in [4.78, 5) is 12.6. The summed E-state index contributed by atoms with van der Waals surface area (Å²) in [6, 6.07) is 8.79. The molecule has 0 saturated carbocycles. The van der Waals surface area contributed by atoms with E-state index >= 15 is 0 Å². The molecule has 0 fully saturated rings. The molecule has 2 aromatic carbocycles. The van der Waals surface area contributed by atoms with Gasteiger partial charge < -0.3 is 29.0 Å². The van der Waals surface area contributed by atoms with Crippen molar-refractivity contribution in [1.82, 2.24) is 0 Å². The van der Waals surface area contributed by atoms with Gasteiger partial charge in [0.2, 0.25) is 5.69 Å². The van der Waals surface area contributed by atoms with E-state index in [9.17, 15) is 43.7 Å². The molecule has 0 radical (unpaired) electrons. The van der Waals surface area contributed by atoms with Crippen molar-refractivity contribution in [2.24, 2.45) is 0 Å². The van der Waals surface area contributed by atoms with E-state index in [-0.39, 0.29) is 29.1 Å². The van der Waals surface area contributed by atoms with Gasteiger partial charge in [0.1, 0.15) is 6.54 Å². The first-order valence-corrected chi connectivity index (χ1v) is 25.4. The number of rotatable bonds is 28. The number of ether oxygens (including phenoxy) is 4. The Bertz CT molecular complexity index is 2450. The zero-order chi connectivity index (χ0) is 47.2. The molecule has 0 saturated heterocycles. The first kappa shape index (κ1) is 52.5. The van der Waals surface area contributed by atoms with Crippen molar-refractivity contribution in [2.45, 2.75) is 79.4 Å². The first-order chi connectivity index (χ1) is 30.2. The van der Waals surface area contributed by atoms with Crippen LogP contribution >= 0.6 is 0 Å². The van der Waals surface area contributed by atoms with Gasteiger partial charge in [0.05, 0.1) is 54.0 Å². The molecule has 2 atom stereocenters. The van der Waals surface area contributed by atoms with Gasteiger partial charge in [-0.1, -0.05) is 30.4 Å². The number of nitrogens with zero attached hydrogens (tertiary/aromatic N) is 2. The van der Waals surface area contributed by atoms with E-state index in [1.165, 1.54) is 24.3 Å². The Morgan fingerprint density at radius 2 is 1.31 bits per heavy atom. The van der Waals surface area contributed by atoms with Crippen molar-refractivity contribution < 1.29 is 72.3 Å². The second-order valence-corrected chi connectivity index (χ2v) is 20.3. The lowest BCUT2D eigenvalue weighted by Gasteiger charge is -2.30. The van der Waals surface area contributed by atoms with E-state index in [0.29, 0.717) is 101 Å². The summed E-state index contributed by atoms with van der Waals surface area (Å²) in [6.45, 7) is 6.88. The molecule has 0 aliphatic carbocycles. The van der Waals surface area contributed by atoms with Crippen LogP contribution in [0.2, 0.25) is 0 Å². The predicted octanol–water partition coefficient (Wildman–Crippen LogP) is 5.90. The highest BCUT2D eigenvalue weighted by molar-refractivity contribution is 7.86. The Balaban J connectivity index is 1.69. The molecule has 2 unspecified atom stereocenters. The van der Waals surface area contributed by atoms with Crippen molar-refractivity contribution in [3.63, 3.8) is 0 Å². The molecule has 0 aromatic heterocycles. The third kappa shape index (κ3) is 14.2. The van der Waals surface area contributed by atoms with Gasteiger partial charge in [-0.2, -0.15) is 29.8 Å². The van der Waals surface area contributed by atoms with Crippen molar-refractivity contribution in [3.8, 4) is 0 Å². The van der Waals surface area contributed by atoms with Crippen LogP contribution in [0.15, 0.2) is 94.4 Å². The number of unbranched alkanes of at least 4 members (excludes halogenated alkanes) is 2. The van der Waals surface area contributed by atoms with Gasteiger partial charge in [-0.05, 0) is 87.9 Å². The lowest BCUT2D eigenvalue weighted by molar-refractivity contribution is -0.438. The monoisotopic (exact) mass is 953 g/mol. The predicted molar refractivity (Wildman–Crippen MR) is 242 cm³/mol. The van der Waals surface area contributed by atoms with Crippen LogP contribution < -0.4 is 4.90 Å². The first-order valence-electron chi connectivity index (χ1n) is 20.9. The van der Waals surface area contributed by atoms with Crippen LogP contribution in [0.1, 0.15) is 69.9 Å². The van der Waals surface area contributed by atoms with Crippen LogP contribution in [-0.4, -0.2) is 133 Å². The smallest absolute Gasteiger partial charge is 0.303 e. The summed E-state index contributed by atoms with van der Waals surface area (Å²) in [5.74, 6) is -1.37. The van der Waals surface area contributed by atoms with Crippen LogP contribution in [0.5, 0.6) is 0 Å². The fourth-order valence-electron chi connectivity index (χ4n) is 8.13. The maximum absolute atomic E-state index is 12.3. The normalized spacial score (nSPS) is 19.9.